The number of carbonyl (C=O) groups excluding carboxylic acids is 1. The van der Waals surface area contributed by atoms with Crippen molar-refractivity contribution in [3.63, 3.8) is 0 Å². The van der Waals surface area contributed by atoms with E-state index in [0.29, 0.717) is 0 Å². The van der Waals surface area contributed by atoms with Gasteiger partial charge in [0.05, 0.1) is 4.75 Å². The largest absolute Gasteiger partial charge is 0.480 e. The summed E-state index contributed by atoms with van der Waals surface area (Å²) in [5.74, 6) is -1.29. The third-order valence-electron chi connectivity index (χ3n) is 2.96. The molecule has 2 heterocycles. The number of thioether (sulfide) groups is 1. The first-order chi connectivity index (χ1) is 6.92. The van der Waals surface area contributed by atoms with Crippen molar-refractivity contribution in [1.29, 1.82) is 0 Å². The molecule has 82 valence electrons. The summed E-state index contributed by atoms with van der Waals surface area (Å²) in [6, 6.07) is -1.42. The normalized spacial score (nSPS) is 43.5. The fraction of sp³-hybridized carbons (Fsp3) is 0.556. The Kier molecular flexibility index (Phi) is 2.09. The summed E-state index contributed by atoms with van der Waals surface area (Å²) in [6.07, 6.45) is 1.58. The number of nitrogens with two attached hydrogens (primary N) is 1. The number of carbonyl (C=O) groups is 2. The predicted molar refractivity (Wildman–Crippen MR) is 56.2 cm³/mol. The third-order valence-corrected chi connectivity index (χ3v) is 4.62. The second kappa shape index (κ2) is 2.99. The summed E-state index contributed by atoms with van der Waals surface area (Å²) < 4.78 is -0.652. The molecule has 0 radical (unpaired) electrons. The topological polar surface area (TPSA) is 83.6 Å². The molecule has 2 aliphatic rings. The number of aliphatic carboxylic acids is 1. The highest BCUT2D eigenvalue weighted by Crippen LogP contribution is 2.50. The Morgan fingerprint density at radius 1 is 1.80 bits per heavy atom. The van der Waals surface area contributed by atoms with Crippen molar-refractivity contribution in [2.24, 2.45) is 5.73 Å². The van der Waals surface area contributed by atoms with Gasteiger partial charge in [0.25, 0.3) is 0 Å². The molecule has 5 nitrogen and oxygen atoms in total. The quantitative estimate of drug-likeness (QED) is 0.497. The van der Waals surface area contributed by atoms with Crippen LogP contribution >= 0.6 is 11.8 Å². The highest BCUT2D eigenvalue weighted by molar-refractivity contribution is 8.02. The van der Waals surface area contributed by atoms with Gasteiger partial charge in [-0.3, -0.25) is 4.79 Å². The number of hydrogen-bond acceptors (Lipinski definition) is 4. The zero-order chi connectivity index (χ0) is 11.4. The third kappa shape index (κ3) is 1.15. The second-order valence-corrected chi connectivity index (χ2v) is 5.51. The van der Waals surface area contributed by atoms with Crippen LogP contribution in [0.5, 0.6) is 0 Å². The van der Waals surface area contributed by atoms with Crippen LogP contribution in [-0.4, -0.2) is 44.1 Å². The van der Waals surface area contributed by atoms with E-state index in [4.69, 9.17) is 10.8 Å². The lowest BCUT2D eigenvalue weighted by Crippen LogP contribution is -2.68. The van der Waals surface area contributed by atoms with Crippen molar-refractivity contribution >= 4 is 23.6 Å². The van der Waals surface area contributed by atoms with E-state index in [-0.39, 0.29) is 11.3 Å². The molecule has 0 spiro atoms. The monoisotopic (exact) mass is 228 g/mol. The van der Waals surface area contributed by atoms with Crippen LogP contribution in [0.2, 0.25) is 0 Å². The van der Waals surface area contributed by atoms with Crippen LogP contribution in [0.1, 0.15) is 6.92 Å². The van der Waals surface area contributed by atoms with Gasteiger partial charge in [-0.2, -0.15) is 0 Å². The number of rotatable bonds is 2. The van der Waals surface area contributed by atoms with Crippen molar-refractivity contribution in [3.8, 4) is 0 Å². The van der Waals surface area contributed by atoms with Gasteiger partial charge >= 0.3 is 5.97 Å². The number of hydrogen-bond donors (Lipinski definition) is 2. The van der Waals surface area contributed by atoms with Crippen LogP contribution in [0.15, 0.2) is 12.7 Å². The Labute approximate surface area is 91.3 Å². The highest BCUT2D eigenvalue weighted by atomic mass is 32.2. The van der Waals surface area contributed by atoms with Gasteiger partial charge in [0, 0.05) is 0 Å². The molecular formula is C9H12N2O3S. The maximum absolute atomic E-state index is 11.5. The molecule has 0 bridgehead atoms. The zero-order valence-corrected chi connectivity index (χ0v) is 9.03. The van der Waals surface area contributed by atoms with E-state index in [1.165, 1.54) is 16.7 Å². The second-order valence-electron chi connectivity index (χ2n) is 3.91. The maximum atomic E-state index is 11.5. The van der Waals surface area contributed by atoms with E-state index >= 15 is 0 Å². The van der Waals surface area contributed by atoms with E-state index in [9.17, 15) is 9.59 Å². The lowest BCUT2D eigenvalue weighted by Gasteiger charge is -2.41. The number of carboxylic acids is 1. The Morgan fingerprint density at radius 2 is 2.40 bits per heavy atom. The van der Waals surface area contributed by atoms with Crippen molar-refractivity contribution in [2.75, 3.05) is 0 Å². The molecule has 0 aromatic carbocycles. The standard InChI is InChI=1S/C9H12N2O3S/c1-3-9(2)5(8(13)14)11-6(12)4(10)7(11)15-9/h3-5,7H,1,10H2,2H3,(H,13,14)/t4-,5+,7-,9-/m1/s1. The van der Waals surface area contributed by atoms with Crippen molar-refractivity contribution in [2.45, 2.75) is 29.1 Å². The van der Waals surface area contributed by atoms with Crippen molar-refractivity contribution < 1.29 is 14.7 Å². The molecule has 2 aliphatic heterocycles. The van der Waals surface area contributed by atoms with Gasteiger partial charge in [0.1, 0.15) is 17.5 Å². The van der Waals surface area contributed by atoms with Crippen molar-refractivity contribution in [1.82, 2.24) is 4.90 Å². The SMILES string of the molecule is C=C[C@@]1(C)S[C@@H]2[C@H](N)C(=O)N2[C@H]1C(=O)O. The zero-order valence-electron chi connectivity index (χ0n) is 8.21. The van der Waals surface area contributed by atoms with Crippen LogP contribution in [-0.2, 0) is 9.59 Å². The molecule has 0 aromatic heterocycles. The van der Waals surface area contributed by atoms with Crippen LogP contribution < -0.4 is 5.73 Å². The first-order valence-corrected chi connectivity index (χ1v) is 5.42. The van der Waals surface area contributed by atoms with Crippen LogP contribution in [0, 0.1) is 0 Å². The predicted octanol–water partition coefficient (Wildman–Crippen LogP) is -0.373. The lowest BCUT2D eigenvalue weighted by atomic mass is 9.95. The fourth-order valence-electron chi connectivity index (χ4n) is 2.04. The van der Waals surface area contributed by atoms with E-state index < -0.39 is 22.8 Å². The first kappa shape index (κ1) is 10.5. The molecule has 15 heavy (non-hydrogen) atoms. The molecule has 2 saturated heterocycles. The van der Waals surface area contributed by atoms with Gasteiger partial charge in [0.15, 0.2) is 0 Å². The Bertz CT molecular complexity index is 359. The summed E-state index contributed by atoms with van der Waals surface area (Å²) in [5.41, 5.74) is 5.61. The van der Waals surface area contributed by atoms with Gasteiger partial charge in [-0.1, -0.05) is 6.08 Å². The van der Waals surface area contributed by atoms with Gasteiger partial charge < -0.3 is 15.7 Å². The molecule has 3 N–H and O–H groups in total. The van der Waals surface area contributed by atoms with Gasteiger partial charge in [-0.25, -0.2) is 4.79 Å². The summed E-state index contributed by atoms with van der Waals surface area (Å²) in [5, 5.41) is 8.89. The van der Waals surface area contributed by atoms with Crippen LogP contribution in [0.3, 0.4) is 0 Å². The molecule has 0 aromatic rings. The number of fused-ring (bicyclic) bond motifs is 1. The summed E-state index contributed by atoms with van der Waals surface area (Å²) in [4.78, 5) is 23.9. The molecule has 2 fully saturated rings. The summed E-state index contributed by atoms with van der Waals surface area (Å²) in [7, 11) is 0. The fourth-order valence-corrected chi connectivity index (χ4v) is 3.60. The molecule has 0 saturated carbocycles. The molecule has 0 aliphatic carbocycles. The highest BCUT2D eigenvalue weighted by Gasteiger charge is 2.63. The summed E-state index contributed by atoms with van der Waals surface area (Å²) in [6.45, 7) is 5.40. The average molecular weight is 228 g/mol. The van der Waals surface area contributed by atoms with Gasteiger partial charge in [-0.05, 0) is 6.92 Å². The van der Waals surface area contributed by atoms with Crippen molar-refractivity contribution in [3.05, 3.63) is 12.7 Å². The van der Waals surface area contributed by atoms with Gasteiger partial charge in [0.2, 0.25) is 5.91 Å². The minimum absolute atomic E-state index is 0.221. The molecule has 1 amide bonds. The van der Waals surface area contributed by atoms with E-state index in [1.54, 1.807) is 13.0 Å². The Morgan fingerprint density at radius 3 is 2.87 bits per heavy atom. The average Bonchev–Trinajstić information content (AvgIpc) is 2.49. The Hall–Kier alpha value is -1.01. The number of β-lactam (4-membered cyclic amide) rings is 1. The van der Waals surface area contributed by atoms with E-state index in [1.807, 2.05) is 0 Å². The smallest absolute Gasteiger partial charge is 0.328 e. The minimum atomic E-state index is -1.01. The number of nitrogens with zero attached hydrogens (tertiary/aromatic N) is 1. The molecule has 4 atom stereocenters. The summed E-state index contributed by atoms with van der Waals surface area (Å²) >= 11 is 1.39. The number of carboxylic acid groups (broad SMARTS) is 1. The molecule has 2 rings (SSSR count). The van der Waals surface area contributed by atoms with Crippen LogP contribution in [0.4, 0.5) is 0 Å². The first-order valence-electron chi connectivity index (χ1n) is 4.54. The van der Waals surface area contributed by atoms with E-state index in [2.05, 4.69) is 6.58 Å². The Balaban J connectivity index is 2.37. The molecule has 0 unspecified atom stereocenters. The van der Waals surface area contributed by atoms with Gasteiger partial charge in [-0.15, -0.1) is 18.3 Å². The van der Waals surface area contributed by atoms with Crippen LogP contribution in [0.25, 0.3) is 0 Å². The van der Waals surface area contributed by atoms with E-state index in [0.717, 1.165) is 0 Å². The minimum Gasteiger partial charge on any atom is -0.480 e. The molecule has 6 heteroatoms. The number of amides is 1. The lowest BCUT2D eigenvalue weighted by molar-refractivity contribution is -0.158. The molecular weight excluding hydrogens is 216 g/mol. The maximum Gasteiger partial charge on any atom is 0.328 e.